The number of amides is 2. The van der Waals surface area contributed by atoms with Crippen LogP contribution in [0.15, 0.2) is 35.1 Å². The third-order valence-electron chi connectivity index (χ3n) is 4.02. The van der Waals surface area contributed by atoms with Crippen molar-refractivity contribution >= 4 is 17.7 Å². The third-order valence-corrected chi connectivity index (χ3v) is 4.02. The Labute approximate surface area is 165 Å². The number of H-pyrrole nitrogens is 1. The molecule has 0 saturated heterocycles. The molecule has 2 aromatic rings. The normalized spacial score (nSPS) is 10.4. The number of hydrogen-bond donors (Lipinski definition) is 3. The van der Waals surface area contributed by atoms with Crippen LogP contribution in [-0.2, 0) is 6.42 Å². The number of anilines is 2. The van der Waals surface area contributed by atoms with E-state index in [0.29, 0.717) is 31.7 Å². The minimum atomic E-state index is -0.377. The Kier molecular flexibility index (Phi) is 8.33. The highest BCUT2D eigenvalue weighted by Gasteiger charge is 2.06. The number of carbonyl (C=O) groups is 1. The van der Waals surface area contributed by atoms with Gasteiger partial charge in [0.25, 0.3) is 5.56 Å². The van der Waals surface area contributed by atoms with Crippen molar-refractivity contribution in [2.75, 3.05) is 37.5 Å². The van der Waals surface area contributed by atoms with Crippen LogP contribution < -0.4 is 25.8 Å². The van der Waals surface area contributed by atoms with Gasteiger partial charge in [-0.05, 0) is 31.4 Å². The van der Waals surface area contributed by atoms with Crippen LogP contribution in [0.5, 0.6) is 5.75 Å². The van der Waals surface area contributed by atoms with Crippen LogP contribution in [0.3, 0.4) is 0 Å². The van der Waals surface area contributed by atoms with Gasteiger partial charge in [0.1, 0.15) is 5.75 Å². The van der Waals surface area contributed by atoms with Crippen molar-refractivity contribution in [3.8, 4) is 5.75 Å². The molecule has 8 nitrogen and oxygen atoms in total. The average molecular weight is 387 g/mol. The van der Waals surface area contributed by atoms with E-state index in [-0.39, 0.29) is 17.5 Å². The monoisotopic (exact) mass is 387 g/mol. The van der Waals surface area contributed by atoms with Crippen molar-refractivity contribution in [2.24, 2.45) is 0 Å². The Hall–Kier alpha value is -3.03. The number of unbranched alkanes of at least 4 members (excludes halogenated alkanes) is 1. The molecule has 0 saturated carbocycles. The Bertz CT molecular complexity index is 819. The minimum Gasteiger partial charge on any atom is -0.494 e. The molecule has 0 atom stereocenters. The molecule has 0 fully saturated rings. The zero-order valence-electron chi connectivity index (χ0n) is 16.7. The summed E-state index contributed by atoms with van der Waals surface area (Å²) in [6.07, 6.45) is 3.16. The molecule has 0 aliphatic carbocycles. The highest BCUT2D eigenvalue weighted by atomic mass is 16.5. The van der Waals surface area contributed by atoms with Gasteiger partial charge in [-0.3, -0.25) is 15.1 Å². The first-order valence-electron chi connectivity index (χ1n) is 9.53. The first-order valence-corrected chi connectivity index (χ1v) is 9.53. The summed E-state index contributed by atoms with van der Waals surface area (Å²) in [5.41, 5.74) is 1.38. The van der Waals surface area contributed by atoms with E-state index in [9.17, 15) is 9.59 Å². The second-order valence-electron chi connectivity index (χ2n) is 6.66. The van der Waals surface area contributed by atoms with Crippen LogP contribution in [0, 0.1) is 0 Å². The van der Waals surface area contributed by atoms with E-state index in [4.69, 9.17) is 4.74 Å². The van der Waals surface area contributed by atoms with Gasteiger partial charge in [0, 0.05) is 44.2 Å². The molecule has 3 N–H and O–H groups in total. The topological polar surface area (TPSA) is 99.3 Å². The van der Waals surface area contributed by atoms with E-state index in [0.717, 1.165) is 24.3 Å². The number of carbonyl (C=O) groups excluding carboxylic acids is 1. The molecule has 8 heteroatoms. The largest absolute Gasteiger partial charge is 0.494 e. The molecule has 1 aromatic heterocycles. The number of ether oxygens (including phenoxy) is 1. The van der Waals surface area contributed by atoms with Crippen LogP contribution in [0.2, 0.25) is 0 Å². The first kappa shape index (κ1) is 21.3. The predicted octanol–water partition coefficient (Wildman–Crippen LogP) is 2.77. The average Bonchev–Trinajstić information content (AvgIpc) is 2.65. The van der Waals surface area contributed by atoms with Gasteiger partial charge in [0.05, 0.1) is 6.61 Å². The number of benzene rings is 1. The lowest BCUT2D eigenvalue weighted by atomic mass is 10.2. The number of aromatic nitrogens is 2. The van der Waals surface area contributed by atoms with Gasteiger partial charge in [-0.1, -0.05) is 19.4 Å². The second-order valence-corrected chi connectivity index (χ2v) is 6.66. The smallest absolute Gasteiger partial charge is 0.321 e. The highest BCUT2D eigenvalue weighted by Crippen LogP contribution is 2.19. The Balaban J connectivity index is 1.84. The van der Waals surface area contributed by atoms with Crippen molar-refractivity contribution in [3.63, 3.8) is 0 Å². The number of nitrogens with one attached hydrogen (secondary N) is 3. The molecule has 1 aromatic carbocycles. The lowest BCUT2D eigenvalue weighted by Crippen LogP contribution is -2.31. The lowest BCUT2D eigenvalue weighted by Gasteiger charge is -2.14. The number of hydrogen-bond acceptors (Lipinski definition) is 5. The predicted molar refractivity (Wildman–Crippen MR) is 111 cm³/mol. The van der Waals surface area contributed by atoms with E-state index < -0.39 is 0 Å². The molecule has 0 radical (unpaired) electrons. The molecule has 2 amide bonds. The summed E-state index contributed by atoms with van der Waals surface area (Å²) in [4.78, 5) is 32.4. The van der Waals surface area contributed by atoms with E-state index in [1.807, 2.05) is 50.2 Å². The number of rotatable bonds is 10. The van der Waals surface area contributed by atoms with Gasteiger partial charge in [-0.2, -0.15) is 0 Å². The van der Waals surface area contributed by atoms with Gasteiger partial charge < -0.3 is 15.0 Å². The van der Waals surface area contributed by atoms with Gasteiger partial charge in [-0.25, -0.2) is 9.78 Å². The van der Waals surface area contributed by atoms with Crippen molar-refractivity contribution in [1.29, 1.82) is 0 Å². The van der Waals surface area contributed by atoms with Crippen molar-refractivity contribution in [2.45, 2.75) is 32.6 Å². The fourth-order valence-corrected chi connectivity index (χ4v) is 2.52. The lowest BCUT2D eigenvalue weighted by molar-refractivity contribution is 0.252. The van der Waals surface area contributed by atoms with Crippen molar-refractivity contribution < 1.29 is 9.53 Å². The zero-order valence-corrected chi connectivity index (χ0v) is 16.7. The summed E-state index contributed by atoms with van der Waals surface area (Å²) in [5, 5.41) is 5.28. The first-order chi connectivity index (χ1) is 13.5. The maximum absolute atomic E-state index is 11.8. The fourth-order valence-electron chi connectivity index (χ4n) is 2.52. The van der Waals surface area contributed by atoms with Crippen molar-refractivity contribution in [3.05, 3.63) is 46.4 Å². The molecule has 28 heavy (non-hydrogen) atoms. The van der Waals surface area contributed by atoms with E-state index in [1.54, 1.807) is 0 Å². The second kappa shape index (κ2) is 11.0. The Morgan fingerprint density at radius 3 is 2.82 bits per heavy atom. The summed E-state index contributed by atoms with van der Waals surface area (Å²) in [7, 11) is 3.96. The van der Waals surface area contributed by atoms with Crippen LogP contribution in [-0.4, -0.2) is 43.2 Å². The molecule has 0 bridgehead atoms. The summed E-state index contributed by atoms with van der Waals surface area (Å²) < 4.78 is 5.78. The van der Waals surface area contributed by atoms with Gasteiger partial charge in [0.2, 0.25) is 5.95 Å². The van der Waals surface area contributed by atoms with E-state index >= 15 is 0 Å². The van der Waals surface area contributed by atoms with Gasteiger partial charge >= 0.3 is 6.03 Å². The maximum atomic E-state index is 11.8. The molecule has 1 heterocycles. The maximum Gasteiger partial charge on any atom is 0.321 e. The summed E-state index contributed by atoms with van der Waals surface area (Å²) in [5.74, 6) is 0.951. The van der Waals surface area contributed by atoms with E-state index in [2.05, 4.69) is 20.6 Å². The van der Waals surface area contributed by atoms with Crippen LogP contribution in [0.1, 0.15) is 31.9 Å². The highest BCUT2D eigenvalue weighted by molar-refractivity contribution is 5.87. The minimum absolute atomic E-state index is 0.149. The summed E-state index contributed by atoms with van der Waals surface area (Å²) in [6, 6.07) is 8.92. The molecule has 0 unspecified atom stereocenters. The van der Waals surface area contributed by atoms with Crippen LogP contribution in [0.25, 0.3) is 0 Å². The van der Waals surface area contributed by atoms with Crippen molar-refractivity contribution in [1.82, 2.24) is 15.3 Å². The molecule has 152 valence electrons. The molecule has 2 rings (SSSR count). The zero-order chi connectivity index (χ0) is 20.4. The molecular formula is C20H29N5O3. The molecule has 0 aliphatic rings. The molecule has 0 aliphatic heterocycles. The number of urea groups is 1. The summed E-state index contributed by atoms with van der Waals surface area (Å²) in [6.45, 7) is 3.13. The van der Waals surface area contributed by atoms with Crippen LogP contribution >= 0.6 is 0 Å². The Morgan fingerprint density at radius 1 is 1.25 bits per heavy atom. The van der Waals surface area contributed by atoms with Gasteiger partial charge in [0.15, 0.2) is 0 Å². The molecular weight excluding hydrogens is 358 g/mol. The summed E-state index contributed by atoms with van der Waals surface area (Å²) >= 11 is 0. The SMILES string of the molecule is CCCCNC(=O)Nc1nc(CCCOc2cccc(N(C)C)c2)cc(=O)[nH]1. The van der Waals surface area contributed by atoms with Crippen LogP contribution in [0.4, 0.5) is 16.4 Å². The Morgan fingerprint density at radius 2 is 2.07 bits per heavy atom. The molecule has 0 spiro atoms. The number of nitrogens with zero attached hydrogens (tertiary/aromatic N) is 2. The number of aromatic amines is 1. The number of aryl methyl sites for hydroxylation is 1. The standard InChI is InChI=1S/C20H29N5O3/c1-4-5-11-21-20(27)24-19-22-15(13-18(26)23-19)8-7-12-28-17-10-6-9-16(14-17)25(2)3/h6,9-10,13-14H,4-5,7-8,11-12H2,1-3H3,(H3,21,22,23,24,26,27). The quantitative estimate of drug-likeness (QED) is 0.545. The van der Waals surface area contributed by atoms with E-state index in [1.165, 1.54) is 6.07 Å². The fraction of sp³-hybridized carbons (Fsp3) is 0.450. The van der Waals surface area contributed by atoms with Gasteiger partial charge in [-0.15, -0.1) is 0 Å². The third kappa shape index (κ3) is 7.30.